The van der Waals surface area contributed by atoms with Crippen molar-refractivity contribution < 1.29 is 0 Å². The maximum absolute atomic E-state index is 5.70. The Morgan fingerprint density at radius 3 is 2.63 bits per heavy atom. The molecule has 3 heteroatoms. The van der Waals surface area contributed by atoms with E-state index in [0.29, 0.717) is 12.2 Å². The number of aliphatic imine (C=N–C) groups is 1. The highest BCUT2D eigenvalue weighted by atomic mass is 15.2. The number of fused-ring (bicyclic) bond motifs is 1. The zero-order valence-electron chi connectivity index (χ0n) is 11.7. The van der Waals surface area contributed by atoms with Crippen LogP contribution in [-0.2, 0) is 0 Å². The molecule has 2 aliphatic rings. The summed E-state index contributed by atoms with van der Waals surface area (Å²) in [4.78, 5) is 6.85. The molecule has 1 aliphatic carbocycles. The van der Waals surface area contributed by atoms with E-state index < -0.39 is 0 Å². The van der Waals surface area contributed by atoms with Gasteiger partial charge in [-0.25, -0.2) is 0 Å². The number of nitrogens with two attached hydrogens (primary N) is 1. The number of nitrogens with zero attached hydrogens (tertiary/aromatic N) is 2. The van der Waals surface area contributed by atoms with E-state index in [1.54, 1.807) is 18.4 Å². The molecule has 1 aliphatic heterocycles. The van der Waals surface area contributed by atoms with Crippen LogP contribution in [0.4, 0.5) is 0 Å². The molecule has 0 spiro atoms. The van der Waals surface area contributed by atoms with Crippen molar-refractivity contribution in [3.8, 4) is 0 Å². The first-order valence-electron chi connectivity index (χ1n) is 7.16. The highest BCUT2D eigenvalue weighted by Crippen LogP contribution is 2.37. The van der Waals surface area contributed by atoms with Gasteiger partial charge in [0.15, 0.2) is 0 Å². The Kier molecular flexibility index (Phi) is 4.97. The lowest BCUT2D eigenvalue weighted by molar-refractivity contribution is 0.336. The fraction of sp³-hybridized carbons (Fsp3) is 0.562. The molecular weight excluding hydrogens is 234 g/mol. The molecule has 0 aromatic rings. The summed E-state index contributed by atoms with van der Waals surface area (Å²) in [5.41, 5.74) is 7.50. The van der Waals surface area contributed by atoms with Crippen molar-refractivity contribution in [2.75, 3.05) is 26.2 Å². The van der Waals surface area contributed by atoms with Crippen LogP contribution in [0.15, 0.2) is 41.6 Å². The SMILES string of the molecule is C=C/C=C(N)\C=N/CC(=C)CN1CC2CCCC2C1. The summed E-state index contributed by atoms with van der Waals surface area (Å²) in [6, 6.07) is 0. The lowest BCUT2D eigenvalue weighted by atomic mass is 10.0. The second kappa shape index (κ2) is 6.71. The van der Waals surface area contributed by atoms with Crippen molar-refractivity contribution in [2.24, 2.45) is 22.6 Å². The molecule has 1 heterocycles. The molecule has 19 heavy (non-hydrogen) atoms. The van der Waals surface area contributed by atoms with E-state index in [1.807, 2.05) is 0 Å². The maximum Gasteiger partial charge on any atom is 0.0610 e. The number of allylic oxidation sites excluding steroid dienone is 3. The third-order valence-electron chi connectivity index (χ3n) is 4.11. The Balaban J connectivity index is 1.70. The van der Waals surface area contributed by atoms with E-state index in [4.69, 9.17) is 5.73 Å². The predicted molar refractivity (Wildman–Crippen MR) is 82.2 cm³/mol. The van der Waals surface area contributed by atoms with Gasteiger partial charge in [-0.2, -0.15) is 0 Å². The minimum Gasteiger partial charge on any atom is -0.397 e. The van der Waals surface area contributed by atoms with Crippen LogP contribution in [0, 0.1) is 11.8 Å². The quantitative estimate of drug-likeness (QED) is 0.452. The second-order valence-corrected chi connectivity index (χ2v) is 5.77. The van der Waals surface area contributed by atoms with E-state index in [2.05, 4.69) is 23.1 Å². The maximum atomic E-state index is 5.70. The van der Waals surface area contributed by atoms with Crippen LogP contribution in [0.2, 0.25) is 0 Å². The first-order chi connectivity index (χ1) is 9.19. The largest absolute Gasteiger partial charge is 0.397 e. The van der Waals surface area contributed by atoms with Crippen LogP contribution in [0.5, 0.6) is 0 Å². The van der Waals surface area contributed by atoms with Crippen molar-refractivity contribution in [3.05, 3.63) is 36.6 Å². The summed E-state index contributed by atoms with van der Waals surface area (Å²) in [6.07, 6.45) is 9.38. The molecule has 1 saturated heterocycles. The zero-order valence-corrected chi connectivity index (χ0v) is 11.7. The molecule has 2 atom stereocenters. The standard InChI is InChI=1S/C16H25N3/c1-3-5-16(17)9-18-8-13(2)10-19-11-14-6-4-7-15(14)12-19/h3,5,9,14-15H,1-2,4,6-8,10-12,17H2/b16-5+,18-9-. The number of likely N-dealkylation sites (tertiary alicyclic amines) is 1. The van der Waals surface area contributed by atoms with Crippen molar-refractivity contribution in [1.29, 1.82) is 0 Å². The summed E-state index contributed by atoms with van der Waals surface area (Å²) >= 11 is 0. The van der Waals surface area contributed by atoms with Gasteiger partial charge >= 0.3 is 0 Å². The summed E-state index contributed by atoms with van der Waals surface area (Å²) in [7, 11) is 0. The fourth-order valence-corrected chi connectivity index (χ4v) is 3.29. The smallest absolute Gasteiger partial charge is 0.0610 e. The molecule has 2 rings (SSSR count). The third-order valence-corrected chi connectivity index (χ3v) is 4.11. The molecule has 0 bridgehead atoms. The van der Waals surface area contributed by atoms with Crippen molar-refractivity contribution >= 4 is 6.21 Å². The lowest BCUT2D eigenvalue weighted by Gasteiger charge is -2.17. The highest BCUT2D eigenvalue weighted by Gasteiger charge is 2.35. The first-order valence-corrected chi connectivity index (χ1v) is 7.16. The molecule has 0 aromatic heterocycles. The molecule has 0 radical (unpaired) electrons. The Hall–Kier alpha value is -1.35. The Morgan fingerprint density at radius 1 is 1.32 bits per heavy atom. The van der Waals surface area contributed by atoms with Gasteiger partial charge in [-0.05, 0) is 36.3 Å². The molecule has 1 saturated carbocycles. The summed E-state index contributed by atoms with van der Waals surface area (Å²) in [5, 5.41) is 0. The van der Waals surface area contributed by atoms with Gasteiger partial charge in [0.2, 0.25) is 0 Å². The van der Waals surface area contributed by atoms with Crippen LogP contribution in [0.3, 0.4) is 0 Å². The van der Waals surface area contributed by atoms with Crippen molar-refractivity contribution in [3.63, 3.8) is 0 Å². The van der Waals surface area contributed by atoms with Crippen LogP contribution in [0.25, 0.3) is 0 Å². The van der Waals surface area contributed by atoms with E-state index in [0.717, 1.165) is 18.4 Å². The zero-order chi connectivity index (χ0) is 13.7. The van der Waals surface area contributed by atoms with Gasteiger partial charge < -0.3 is 5.73 Å². The van der Waals surface area contributed by atoms with Crippen molar-refractivity contribution in [1.82, 2.24) is 4.90 Å². The Morgan fingerprint density at radius 2 is 2.00 bits per heavy atom. The van der Waals surface area contributed by atoms with E-state index >= 15 is 0 Å². The van der Waals surface area contributed by atoms with Gasteiger partial charge in [0.25, 0.3) is 0 Å². The second-order valence-electron chi connectivity index (χ2n) is 5.77. The summed E-state index contributed by atoms with van der Waals surface area (Å²) < 4.78 is 0. The van der Waals surface area contributed by atoms with Gasteiger partial charge in [-0.15, -0.1) is 0 Å². The fourth-order valence-electron chi connectivity index (χ4n) is 3.29. The average molecular weight is 259 g/mol. The molecule has 3 nitrogen and oxygen atoms in total. The molecular formula is C16H25N3. The van der Waals surface area contributed by atoms with Gasteiger partial charge in [-0.3, -0.25) is 9.89 Å². The lowest BCUT2D eigenvalue weighted by Crippen LogP contribution is -2.24. The summed E-state index contributed by atoms with van der Waals surface area (Å²) in [5.74, 6) is 1.89. The normalized spacial score (nSPS) is 27.9. The highest BCUT2D eigenvalue weighted by molar-refractivity contribution is 5.77. The molecule has 0 amide bonds. The Bertz CT molecular complexity index is 383. The minimum absolute atomic E-state index is 0.638. The summed E-state index contributed by atoms with van der Waals surface area (Å²) in [6.45, 7) is 11.9. The molecule has 2 N–H and O–H groups in total. The van der Waals surface area contributed by atoms with Gasteiger partial charge in [0, 0.05) is 31.5 Å². The number of hydrogen-bond donors (Lipinski definition) is 1. The minimum atomic E-state index is 0.638. The van der Waals surface area contributed by atoms with Crippen molar-refractivity contribution in [2.45, 2.75) is 19.3 Å². The third kappa shape index (κ3) is 4.06. The van der Waals surface area contributed by atoms with E-state index in [1.165, 1.54) is 37.9 Å². The van der Waals surface area contributed by atoms with Crippen LogP contribution >= 0.6 is 0 Å². The molecule has 104 valence electrons. The average Bonchev–Trinajstić information content (AvgIpc) is 2.89. The topological polar surface area (TPSA) is 41.6 Å². The van der Waals surface area contributed by atoms with E-state index in [9.17, 15) is 0 Å². The van der Waals surface area contributed by atoms with Crippen LogP contribution < -0.4 is 5.73 Å². The number of hydrogen-bond acceptors (Lipinski definition) is 3. The first kappa shape index (κ1) is 14.1. The predicted octanol–water partition coefficient (Wildman–Crippen LogP) is 2.37. The molecule has 0 aromatic carbocycles. The Labute approximate surface area is 116 Å². The van der Waals surface area contributed by atoms with E-state index in [-0.39, 0.29) is 0 Å². The number of rotatable bonds is 6. The molecule has 2 unspecified atom stereocenters. The molecule has 2 fully saturated rings. The van der Waals surface area contributed by atoms with Gasteiger partial charge in [-0.1, -0.05) is 25.7 Å². The monoisotopic (exact) mass is 259 g/mol. The van der Waals surface area contributed by atoms with Crippen LogP contribution in [0.1, 0.15) is 19.3 Å². The van der Waals surface area contributed by atoms with Crippen LogP contribution in [-0.4, -0.2) is 37.3 Å². The van der Waals surface area contributed by atoms with Gasteiger partial charge in [0.1, 0.15) is 0 Å². The van der Waals surface area contributed by atoms with Gasteiger partial charge in [0.05, 0.1) is 6.54 Å².